The summed E-state index contributed by atoms with van der Waals surface area (Å²) in [6.07, 6.45) is 3.04. The highest BCUT2D eigenvalue weighted by Gasteiger charge is 2.12. The number of fused-ring (bicyclic) bond motifs is 1. The first-order valence-corrected chi connectivity index (χ1v) is 10.7. The molecule has 5 heteroatoms. The molecule has 0 aromatic heterocycles. The van der Waals surface area contributed by atoms with Gasteiger partial charge in [0.05, 0.1) is 6.61 Å². The van der Waals surface area contributed by atoms with E-state index in [-0.39, 0.29) is 12.1 Å². The predicted molar refractivity (Wildman–Crippen MR) is 122 cm³/mol. The number of carbonyl (C=O) groups is 1. The quantitative estimate of drug-likeness (QED) is 0.313. The molecule has 0 saturated heterocycles. The molecule has 158 valence electrons. The highest BCUT2D eigenvalue weighted by Crippen LogP contribution is 2.18. The van der Waals surface area contributed by atoms with Gasteiger partial charge in [-0.1, -0.05) is 92.6 Å². The summed E-state index contributed by atoms with van der Waals surface area (Å²) >= 11 is 0. The molecule has 1 atom stereocenters. The van der Waals surface area contributed by atoms with Crippen molar-refractivity contribution in [2.45, 2.75) is 45.4 Å². The lowest BCUT2D eigenvalue weighted by Crippen LogP contribution is -2.46. The monoisotopic (exact) mass is 405 g/mol. The molecule has 3 N–H and O–H groups in total. The number of carbonyl (C=O) groups excluding carboxylic acids is 1. The van der Waals surface area contributed by atoms with Gasteiger partial charge in [0.25, 0.3) is 0 Å². The lowest BCUT2D eigenvalue weighted by atomic mass is 10.0. The van der Waals surface area contributed by atoms with Crippen molar-refractivity contribution in [3.63, 3.8) is 0 Å². The first kappa shape index (κ1) is 21.8. The Labute approximate surface area is 178 Å². The molecular formula is C25H31N3O2. The normalized spacial score (nSPS) is 11.9. The van der Waals surface area contributed by atoms with Gasteiger partial charge in [0.1, 0.15) is 0 Å². The zero-order valence-corrected chi connectivity index (χ0v) is 17.6. The van der Waals surface area contributed by atoms with Crippen LogP contribution in [0.4, 0.5) is 4.79 Å². The second-order valence-electron chi connectivity index (χ2n) is 7.43. The van der Waals surface area contributed by atoms with Gasteiger partial charge in [-0.15, -0.1) is 0 Å². The van der Waals surface area contributed by atoms with Crippen LogP contribution in [0.1, 0.15) is 37.3 Å². The van der Waals surface area contributed by atoms with Gasteiger partial charge in [0.2, 0.25) is 0 Å². The molecule has 3 aromatic carbocycles. The minimum Gasteiger partial charge on any atom is -0.334 e. The maximum absolute atomic E-state index is 12.5. The Bertz CT molecular complexity index is 909. The summed E-state index contributed by atoms with van der Waals surface area (Å²) < 4.78 is 0. The molecule has 0 unspecified atom stereocenters. The first-order chi connectivity index (χ1) is 14.8. The van der Waals surface area contributed by atoms with Gasteiger partial charge >= 0.3 is 6.03 Å². The van der Waals surface area contributed by atoms with Gasteiger partial charge in [-0.2, -0.15) is 0 Å². The SMILES string of the molecule is CCCC[C@H](CNOCc1ccccc1)NC(=O)NCc1cccc2ccccc12. The first-order valence-electron chi connectivity index (χ1n) is 10.7. The molecule has 0 aliphatic carbocycles. The fourth-order valence-corrected chi connectivity index (χ4v) is 3.40. The molecule has 0 fully saturated rings. The summed E-state index contributed by atoms with van der Waals surface area (Å²) in [5.74, 6) is 0. The number of rotatable bonds is 11. The van der Waals surface area contributed by atoms with Gasteiger partial charge in [-0.3, -0.25) is 4.84 Å². The topological polar surface area (TPSA) is 62.4 Å². The maximum atomic E-state index is 12.5. The second kappa shape index (κ2) is 12.0. The molecule has 0 radical (unpaired) electrons. The molecule has 3 aromatic rings. The Morgan fingerprint density at radius 3 is 2.57 bits per heavy atom. The van der Waals surface area contributed by atoms with E-state index < -0.39 is 0 Å². The van der Waals surface area contributed by atoms with E-state index in [9.17, 15) is 4.79 Å². The maximum Gasteiger partial charge on any atom is 0.315 e. The van der Waals surface area contributed by atoms with Crippen LogP contribution in [-0.4, -0.2) is 18.6 Å². The van der Waals surface area contributed by atoms with E-state index in [1.807, 2.05) is 48.5 Å². The van der Waals surface area contributed by atoms with E-state index in [1.165, 1.54) is 10.8 Å². The van der Waals surface area contributed by atoms with E-state index in [1.54, 1.807) is 0 Å². The lowest BCUT2D eigenvalue weighted by molar-refractivity contribution is 0.0230. The van der Waals surface area contributed by atoms with Crippen LogP contribution in [0.15, 0.2) is 72.8 Å². The average Bonchev–Trinajstić information content (AvgIpc) is 2.79. The summed E-state index contributed by atoms with van der Waals surface area (Å²) in [5, 5.41) is 8.42. The lowest BCUT2D eigenvalue weighted by Gasteiger charge is -2.20. The minimum atomic E-state index is -0.158. The third-order valence-corrected chi connectivity index (χ3v) is 5.07. The molecule has 0 spiro atoms. The molecule has 0 heterocycles. The molecule has 0 bridgehead atoms. The summed E-state index contributed by atoms with van der Waals surface area (Å²) in [7, 11) is 0. The van der Waals surface area contributed by atoms with Crippen LogP contribution in [0.5, 0.6) is 0 Å². The van der Waals surface area contributed by atoms with Crippen molar-refractivity contribution in [1.29, 1.82) is 0 Å². The molecule has 2 amide bonds. The largest absolute Gasteiger partial charge is 0.334 e. The molecule has 0 aliphatic heterocycles. The van der Waals surface area contributed by atoms with E-state index >= 15 is 0 Å². The Kier molecular flexibility index (Phi) is 8.69. The number of amides is 2. The number of benzene rings is 3. The van der Waals surface area contributed by atoms with Crippen molar-refractivity contribution in [2.75, 3.05) is 6.54 Å². The Morgan fingerprint density at radius 2 is 1.73 bits per heavy atom. The minimum absolute atomic E-state index is 0.00763. The van der Waals surface area contributed by atoms with Gasteiger partial charge in [0.15, 0.2) is 0 Å². The average molecular weight is 406 g/mol. The number of urea groups is 1. The molecule has 0 aliphatic rings. The molecule has 3 rings (SSSR count). The van der Waals surface area contributed by atoms with E-state index in [2.05, 4.69) is 47.3 Å². The van der Waals surface area contributed by atoms with Gasteiger partial charge in [-0.25, -0.2) is 10.3 Å². The Hall–Kier alpha value is -2.89. The van der Waals surface area contributed by atoms with Crippen LogP contribution in [0.25, 0.3) is 10.8 Å². The fraction of sp³-hybridized carbons (Fsp3) is 0.320. The summed E-state index contributed by atoms with van der Waals surface area (Å²) in [6, 6.07) is 24.2. The third-order valence-electron chi connectivity index (χ3n) is 5.07. The van der Waals surface area contributed by atoms with Crippen LogP contribution >= 0.6 is 0 Å². The molecular weight excluding hydrogens is 374 g/mol. The molecule has 5 nitrogen and oxygen atoms in total. The van der Waals surface area contributed by atoms with Crippen LogP contribution in [-0.2, 0) is 18.0 Å². The van der Waals surface area contributed by atoms with Crippen molar-refractivity contribution in [2.24, 2.45) is 0 Å². The fourth-order valence-electron chi connectivity index (χ4n) is 3.40. The van der Waals surface area contributed by atoms with E-state index in [0.717, 1.165) is 30.4 Å². The smallest absolute Gasteiger partial charge is 0.315 e. The van der Waals surface area contributed by atoms with E-state index in [4.69, 9.17) is 4.84 Å². The second-order valence-corrected chi connectivity index (χ2v) is 7.43. The van der Waals surface area contributed by atoms with Crippen molar-refractivity contribution in [3.8, 4) is 0 Å². The van der Waals surface area contributed by atoms with Crippen LogP contribution in [0, 0.1) is 0 Å². The number of unbranched alkanes of at least 4 members (excludes halogenated alkanes) is 1. The van der Waals surface area contributed by atoms with E-state index in [0.29, 0.717) is 19.7 Å². The molecule has 30 heavy (non-hydrogen) atoms. The van der Waals surface area contributed by atoms with Crippen LogP contribution < -0.4 is 16.1 Å². The van der Waals surface area contributed by atoms with Crippen molar-refractivity contribution < 1.29 is 9.63 Å². The summed E-state index contributed by atoms with van der Waals surface area (Å²) in [5.41, 5.74) is 5.22. The van der Waals surface area contributed by atoms with Crippen molar-refractivity contribution >= 4 is 16.8 Å². The number of nitrogens with one attached hydrogen (secondary N) is 3. The van der Waals surface area contributed by atoms with Crippen LogP contribution in [0.3, 0.4) is 0 Å². The van der Waals surface area contributed by atoms with Crippen molar-refractivity contribution in [1.82, 2.24) is 16.1 Å². The number of hydrogen-bond acceptors (Lipinski definition) is 3. The van der Waals surface area contributed by atoms with Gasteiger partial charge in [0, 0.05) is 19.1 Å². The summed E-state index contributed by atoms with van der Waals surface area (Å²) in [6.45, 7) is 3.70. The Morgan fingerprint density at radius 1 is 0.967 bits per heavy atom. The van der Waals surface area contributed by atoms with Crippen LogP contribution in [0.2, 0.25) is 0 Å². The zero-order valence-electron chi connectivity index (χ0n) is 17.6. The predicted octanol–water partition coefficient (Wildman–Crippen LogP) is 4.92. The Balaban J connectivity index is 1.46. The number of hydrogen-bond donors (Lipinski definition) is 3. The molecule has 0 saturated carbocycles. The van der Waals surface area contributed by atoms with Gasteiger partial charge in [-0.05, 0) is 28.3 Å². The zero-order chi connectivity index (χ0) is 21.0. The summed E-state index contributed by atoms with van der Waals surface area (Å²) in [4.78, 5) is 18.1. The number of hydroxylamine groups is 1. The van der Waals surface area contributed by atoms with Gasteiger partial charge < -0.3 is 10.6 Å². The third kappa shape index (κ3) is 6.87. The highest BCUT2D eigenvalue weighted by molar-refractivity contribution is 5.86. The van der Waals surface area contributed by atoms with Crippen molar-refractivity contribution in [3.05, 3.63) is 83.9 Å². The highest BCUT2D eigenvalue weighted by atomic mass is 16.6. The standard InChI is InChI=1S/C25H31N3O2/c1-2-3-15-23(18-27-30-19-20-10-5-4-6-11-20)28-25(29)26-17-22-14-9-13-21-12-7-8-16-24(21)22/h4-14,16,23,27H,2-3,15,17-19H2,1H3,(H2,26,28,29)/t23-/m1/s1.